The van der Waals surface area contributed by atoms with Crippen LogP contribution in [0.4, 0.5) is 0 Å². The van der Waals surface area contributed by atoms with Crippen LogP contribution in [0.1, 0.15) is 18.2 Å². The summed E-state index contributed by atoms with van der Waals surface area (Å²) >= 11 is 0. The van der Waals surface area contributed by atoms with E-state index in [0.717, 1.165) is 24.2 Å². The Morgan fingerprint density at radius 3 is 3.18 bits per heavy atom. The van der Waals surface area contributed by atoms with Crippen molar-refractivity contribution in [3.8, 4) is 5.75 Å². The van der Waals surface area contributed by atoms with E-state index >= 15 is 0 Å². The van der Waals surface area contributed by atoms with E-state index in [-0.39, 0.29) is 5.72 Å². The summed E-state index contributed by atoms with van der Waals surface area (Å²) in [7, 11) is 1.69. The fraction of sp³-hybridized carbons (Fsp3) is 0.385. The molecule has 0 amide bonds. The largest absolute Gasteiger partial charge is 0.497 e. The molecule has 2 atom stereocenters. The topological polar surface area (TPSA) is 40.6 Å². The van der Waals surface area contributed by atoms with Crippen molar-refractivity contribution < 1.29 is 9.57 Å². The van der Waals surface area contributed by atoms with Crippen LogP contribution in [0.2, 0.25) is 0 Å². The second-order valence-electron chi connectivity index (χ2n) is 4.82. The van der Waals surface area contributed by atoms with Crippen LogP contribution in [0.25, 0.3) is 10.9 Å². The van der Waals surface area contributed by atoms with Gasteiger partial charge in [0.15, 0.2) is 0 Å². The molecule has 1 aromatic carbocycles. The highest BCUT2D eigenvalue weighted by molar-refractivity contribution is 5.86. The average Bonchev–Trinajstić information content (AvgIpc) is 2.89. The van der Waals surface area contributed by atoms with Crippen LogP contribution >= 0.6 is 0 Å². The minimum absolute atomic E-state index is 0.222. The van der Waals surface area contributed by atoms with Gasteiger partial charge in [0, 0.05) is 23.5 Å². The van der Waals surface area contributed by atoms with Crippen molar-refractivity contribution in [2.24, 2.45) is 0 Å². The summed E-state index contributed by atoms with van der Waals surface area (Å²) in [6, 6.07) is 6.19. The number of benzene rings is 1. The molecule has 2 unspecified atom stereocenters. The Hall–Kier alpha value is -1.52. The van der Waals surface area contributed by atoms with Gasteiger partial charge in [-0.15, -0.1) is 5.06 Å². The lowest BCUT2D eigenvalue weighted by molar-refractivity contribution is 0.198. The maximum atomic E-state index is 5.65. The van der Waals surface area contributed by atoms with Crippen molar-refractivity contribution >= 4 is 10.9 Å². The van der Waals surface area contributed by atoms with Crippen LogP contribution in [0.15, 0.2) is 18.2 Å². The molecule has 2 aliphatic heterocycles. The van der Waals surface area contributed by atoms with E-state index in [1.54, 1.807) is 7.11 Å². The predicted octanol–water partition coefficient (Wildman–Crippen LogP) is 2.15. The third-order valence-electron chi connectivity index (χ3n) is 3.87. The first kappa shape index (κ1) is 9.50. The van der Waals surface area contributed by atoms with Crippen LogP contribution < -0.4 is 4.74 Å². The van der Waals surface area contributed by atoms with Crippen molar-refractivity contribution in [1.82, 2.24) is 10.0 Å². The van der Waals surface area contributed by atoms with Crippen LogP contribution in [0.3, 0.4) is 0 Å². The van der Waals surface area contributed by atoms with Crippen molar-refractivity contribution in [1.29, 1.82) is 0 Å². The summed E-state index contributed by atoms with van der Waals surface area (Å²) in [5.74, 6) is 0.884. The second kappa shape index (κ2) is 2.83. The van der Waals surface area contributed by atoms with Crippen molar-refractivity contribution in [3.63, 3.8) is 0 Å². The fourth-order valence-corrected chi connectivity index (χ4v) is 2.85. The van der Waals surface area contributed by atoms with Crippen molar-refractivity contribution in [2.75, 3.05) is 13.7 Å². The lowest BCUT2D eigenvalue weighted by atomic mass is 9.99. The van der Waals surface area contributed by atoms with Crippen molar-refractivity contribution in [2.45, 2.75) is 19.1 Å². The monoisotopic (exact) mass is 230 g/mol. The zero-order valence-corrected chi connectivity index (χ0v) is 9.91. The first-order chi connectivity index (χ1) is 8.22. The van der Waals surface area contributed by atoms with Gasteiger partial charge in [0.2, 0.25) is 5.72 Å². The molecular formula is C13H14N2O2. The summed E-state index contributed by atoms with van der Waals surface area (Å²) in [5, 5.41) is 3.32. The van der Waals surface area contributed by atoms with Gasteiger partial charge < -0.3 is 9.72 Å². The number of hydroxylamine groups is 2. The highest BCUT2D eigenvalue weighted by atomic mass is 16.9. The summed E-state index contributed by atoms with van der Waals surface area (Å²) in [4.78, 5) is 9.12. The van der Waals surface area contributed by atoms with Gasteiger partial charge in [0.1, 0.15) is 5.75 Å². The standard InChI is InChI=1S/C13H14N2O2/c1-13-12-10(5-6-15(13)17-13)9-4-3-8(16-2)7-11(9)14-12/h3-4,7,14H,5-6H2,1-2H3. The molecule has 0 aliphatic carbocycles. The number of methoxy groups -OCH3 is 1. The first-order valence-electron chi connectivity index (χ1n) is 5.88. The van der Waals surface area contributed by atoms with Gasteiger partial charge in [0.05, 0.1) is 12.8 Å². The number of fused-ring (bicyclic) bond motifs is 5. The molecule has 0 radical (unpaired) electrons. The number of rotatable bonds is 1. The van der Waals surface area contributed by atoms with E-state index in [4.69, 9.17) is 9.57 Å². The molecule has 4 heteroatoms. The highest BCUT2D eigenvalue weighted by Gasteiger charge is 2.56. The first-order valence-corrected chi connectivity index (χ1v) is 5.88. The number of nitrogens with zero attached hydrogens (tertiary/aromatic N) is 1. The van der Waals surface area contributed by atoms with Crippen LogP contribution in [0.5, 0.6) is 5.75 Å². The van der Waals surface area contributed by atoms with Gasteiger partial charge >= 0.3 is 0 Å². The molecule has 1 N–H and O–H groups in total. The number of hydrogen-bond acceptors (Lipinski definition) is 3. The maximum absolute atomic E-state index is 5.65. The van der Waals surface area contributed by atoms with Gasteiger partial charge in [-0.25, -0.2) is 0 Å². The Bertz CT molecular complexity index is 619. The van der Waals surface area contributed by atoms with Gasteiger partial charge in [-0.3, -0.25) is 4.84 Å². The van der Waals surface area contributed by atoms with E-state index in [0.29, 0.717) is 0 Å². The Kier molecular flexibility index (Phi) is 1.58. The lowest BCUT2D eigenvalue weighted by Gasteiger charge is -2.13. The molecule has 1 fully saturated rings. The quantitative estimate of drug-likeness (QED) is 0.763. The third kappa shape index (κ3) is 1.09. The van der Waals surface area contributed by atoms with Gasteiger partial charge in [0.25, 0.3) is 0 Å². The Morgan fingerprint density at radius 2 is 2.35 bits per heavy atom. The minimum atomic E-state index is -0.222. The molecule has 2 aliphatic rings. The van der Waals surface area contributed by atoms with Gasteiger partial charge in [-0.05, 0) is 31.0 Å². The zero-order chi connectivity index (χ0) is 11.6. The average molecular weight is 230 g/mol. The van der Waals surface area contributed by atoms with Gasteiger partial charge in [-0.1, -0.05) is 0 Å². The van der Waals surface area contributed by atoms with E-state index in [9.17, 15) is 0 Å². The number of ether oxygens (including phenoxy) is 1. The number of hydrogen-bond donors (Lipinski definition) is 1. The third-order valence-corrected chi connectivity index (χ3v) is 3.87. The molecule has 0 bridgehead atoms. The molecule has 4 rings (SSSR count). The summed E-state index contributed by atoms with van der Waals surface area (Å²) < 4.78 is 5.26. The van der Waals surface area contributed by atoms with E-state index in [2.05, 4.69) is 18.0 Å². The second-order valence-corrected chi connectivity index (χ2v) is 4.82. The molecular weight excluding hydrogens is 216 g/mol. The fourth-order valence-electron chi connectivity index (χ4n) is 2.85. The van der Waals surface area contributed by atoms with E-state index in [1.807, 2.05) is 17.2 Å². The number of aromatic amines is 1. The van der Waals surface area contributed by atoms with Crippen molar-refractivity contribution in [3.05, 3.63) is 29.5 Å². The molecule has 3 heterocycles. The molecule has 2 aromatic rings. The predicted molar refractivity (Wildman–Crippen MR) is 63.7 cm³/mol. The minimum Gasteiger partial charge on any atom is -0.497 e. The molecule has 17 heavy (non-hydrogen) atoms. The van der Waals surface area contributed by atoms with Crippen LogP contribution in [-0.2, 0) is 17.0 Å². The molecule has 88 valence electrons. The van der Waals surface area contributed by atoms with E-state index < -0.39 is 0 Å². The lowest BCUT2D eigenvalue weighted by Crippen LogP contribution is -2.22. The molecule has 0 spiro atoms. The summed E-state index contributed by atoms with van der Waals surface area (Å²) in [5.41, 5.74) is 3.50. The molecule has 4 nitrogen and oxygen atoms in total. The molecule has 1 aromatic heterocycles. The Balaban J connectivity index is 1.99. The highest BCUT2D eigenvalue weighted by Crippen LogP contribution is 2.49. The summed E-state index contributed by atoms with van der Waals surface area (Å²) in [6.45, 7) is 3.08. The van der Waals surface area contributed by atoms with E-state index in [1.165, 1.54) is 16.6 Å². The number of nitrogens with one attached hydrogen (secondary N) is 1. The SMILES string of the molecule is COc1ccc2c3c([nH]c2c1)C1(C)ON1CC3. The zero-order valence-electron chi connectivity index (χ0n) is 9.91. The molecule has 1 saturated heterocycles. The van der Waals surface area contributed by atoms with Crippen LogP contribution in [0, 0.1) is 0 Å². The number of aromatic nitrogens is 1. The maximum Gasteiger partial charge on any atom is 0.202 e. The van der Waals surface area contributed by atoms with Gasteiger partial charge in [-0.2, -0.15) is 0 Å². The Morgan fingerprint density at radius 1 is 1.47 bits per heavy atom. The normalized spacial score (nSPS) is 29.9. The number of H-pyrrole nitrogens is 1. The Labute approximate surface area is 99.1 Å². The summed E-state index contributed by atoms with van der Waals surface area (Å²) in [6.07, 6.45) is 1.04. The van der Waals surface area contributed by atoms with Crippen LogP contribution in [-0.4, -0.2) is 23.7 Å². The smallest absolute Gasteiger partial charge is 0.202 e. The molecule has 0 saturated carbocycles.